The average Bonchev–Trinajstić information content (AvgIpc) is 2.39. The van der Waals surface area contributed by atoms with Gasteiger partial charge < -0.3 is 15.7 Å². The fourth-order valence-corrected chi connectivity index (χ4v) is 1.93. The average molecular weight is 357 g/mol. The zero-order valence-electron chi connectivity index (χ0n) is 12.7. The molecule has 0 atom stereocenters. The van der Waals surface area contributed by atoms with Crippen molar-refractivity contribution in [1.29, 1.82) is 0 Å². The van der Waals surface area contributed by atoms with Crippen molar-refractivity contribution in [1.82, 2.24) is 5.32 Å². The molecular weight excluding hydrogens is 336 g/mol. The van der Waals surface area contributed by atoms with Gasteiger partial charge in [0.15, 0.2) is 0 Å². The third-order valence-electron chi connectivity index (χ3n) is 3.94. The number of hydrogen-bond donors (Lipinski definition) is 3. The van der Waals surface area contributed by atoms with Gasteiger partial charge in [0.05, 0.1) is 17.6 Å². The summed E-state index contributed by atoms with van der Waals surface area (Å²) < 4.78 is 0.795. The van der Waals surface area contributed by atoms with Crippen molar-refractivity contribution in [3.05, 3.63) is 28.7 Å². The summed E-state index contributed by atoms with van der Waals surface area (Å²) in [5.74, 6) is -1.14. The number of carbonyl (C=O) groups excluding carboxylic acids is 1. The lowest BCUT2D eigenvalue weighted by atomic mass is 9.74. The minimum Gasteiger partial charge on any atom is -0.481 e. The molecule has 0 aliphatic heterocycles. The maximum absolute atomic E-state index is 12.0. The Hall–Kier alpha value is -1.40. The third-order valence-corrected chi connectivity index (χ3v) is 4.63. The van der Waals surface area contributed by atoms with E-state index in [1.165, 1.54) is 0 Å². The molecule has 0 aromatic heterocycles. The Bertz CT molecular complexity index is 541. The summed E-state index contributed by atoms with van der Waals surface area (Å²) >= 11 is 3.35. The molecule has 3 N–H and O–H groups in total. The van der Waals surface area contributed by atoms with E-state index >= 15 is 0 Å². The van der Waals surface area contributed by atoms with Crippen molar-refractivity contribution in [2.75, 3.05) is 11.9 Å². The van der Waals surface area contributed by atoms with Gasteiger partial charge in [-0.2, -0.15) is 0 Å². The van der Waals surface area contributed by atoms with Crippen LogP contribution in [0.15, 0.2) is 28.7 Å². The van der Waals surface area contributed by atoms with Gasteiger partial charge in [-0.25, -0.2) is 0 Å². The van der Waals surface area contributed by atoms with Crippen molar-refractivity contribution < 1.29 is 14.7 Å². The highest BCUT2D eigenvalue weighted by Crippen LogP contribution is 2.30. The molecule has 1 amide bonds. The number of halogens is 1. The van der Waals surface area contributed by atoms with Crippen LogP contribution in [0.4, 0.5) is 5.69 Å². The topological polar surface area (TPSA) is 78.4 Å². The van der Waals surface area contributed by atoms with Crippen LogP contribution in [0.3, 0.4) is 0 Å². The van der Waals surface area contributed by atoms with E-state index in [1.54, 1.807) is 33.8 Å². The molecule has 0 aliphatic rings. The molecule has 1 aromatic carbocycles. The van der Waals surface area contributed by atoms with Crippen LogP contribution in [0, 0.1) is 5.41 Å². The Morgan fingerprint density at radius 2 is 1.76 bits per heavy atom. The number of para-hydroxylation sites is 1. The number of amides is 1. The molecule has 21 heavy (non-hydrogen) atoms. The number of hydrogen-bond acceptors (Lipinski definition) is 3. The molecule has 0 fully saturated rings. The molecular formula is C15H21BrN2O3. The van der Waals surface area contributed by atoms with E-state index in [9.17, 15) is 14.7 Å². The summed E-state index contributed by atoms with van der Waals surface area (Å²) in [7, 11) is 0. The molecule has 0 bridgehead atoms. The first-order chi connectivity index (χ1) is 9.58. The van der Waals surface area contributed by atoms with Gasteiger partial charge in [-0.05, 0) is 55.8 Å². The number of aliphatic carboxylic acids is 1. The van der Waals surface area contributed by atoms with Gasteiger partial charge in [-0.3, -0.25) is 9.59 Å². The van der Waals surface area contributed by atoms with Crippen LogP contribution < -0.4 is 10.6 Å². The van der Waals surface area contributed by atoms with Gasteiger partial charge in [-0.15, -0.1) is 0 Å². The Morgan fingerprint density at radius 1 is 1.19 bits per heavy atom. The maximum Gasteiger partial charge on any atom is 0.310 e. The Balaban J connectivity index is 2.65. The molecule has 116 valence electrons. The van der Waals surface area contributed by atoms with Crippen molar-refractivity contribution >= 4 is 33.5 Å². The highest BCUT2D eigenvalue weighted by atomic mass is 79.9. The van der Waals surface area contributed by atoms with Crippen molar-refractivity contribution in [2.24, 2.45) is 5.41 Å². The number of carboxylic acid groups (broad SMARTS) is 1. The Morgan fingerprint density at radius 3 is 2.29 bits per heavy atom. The largest absolute Gasteiger partial charge is 0.481 e. The molecule has 0 heterocycles. The third kappa shape index (κ3) is 4.28. The fourth-order valence-electron chi connectivity index (χ4n) is 1.55. The lowest BCUT2D eigenvalue weighted by molar-refractivity contribution is -0.151. The number of benzene rings is 1. The molecule has 5 nitrogen and oxygen atoms in total. The molecule has 0 aliphatic carbocycles. The number of anilines is 1. The predicted molar refractivity (Wildman–Crippen MR) is 86.3 cm³/mol. The number of carbonyl (C=O) groups is 2. The smallest absolute Gasteiger partial charge is 0.310 e. The Labute approximate surface area is 133 Å². The van der Waals surface area contributed by atoms with E-state index < -0.39 is 16.9 Å². The second-order valence-corrected chi connectivity index (χ2v) is 6.79. The molecule has 1 rings (SSSR count). The highest BCUT2D eigenvalue weighted by molar-refractivity contribution is 9.10. The molecule has 0 unspecified atom stereocenters. The standard InChI is InChI=1S/C15H21BrN2O3/c1-14(2,13(20)21)15(3,4)17-9-12(19)18-11-8-6-5-7-10(11)16/h5-8,17H,9H2,1-4H3,(H,18,19)(H,20,21). The van der Waals surface area contributed by atoms with Crippen LogP contribution in [0.5, 0.6) is 0 Å². The predicted octanol–water partition coefficient (Wildman–Crippen LogP) is 2.87. The van der Waals surface area contributed by atoms with E-state index in [1.807, 2.05) is 18.2 Å². The lowest BCUT2D eigenvalue weighted by Gasteiger charge is -2.38. The fraction of sp³-hybridized carbons (Fsp3) is 0.467. The quantitative estimate of drug-likeness (QED) is 0.732. The normalized spacial score (nSPS) is 12.0. The van der Waals surface area contributed by atoms with Gasteiger partial charge in [0.2, 0.25) is 5.91 Å². The molecule has 0 spiro atoms. The number of rotatable bonds is 6. The first-order valence-electron chi connectivity index (χ1n) is 6.61. The van der Waals surface area contributed by atoms with E-state index in [0.29, 0.717) is 5.69 Å². The number of nitrogens with one attached hydrogen (secondary N) is 2. The van der Waals surface area contributed by atoms with Crippen LogP contribution in [0.25, 0.3) is 0 Å². The van der Waals surface area contributed by atoms with Crippen molar-refractivity contribution in [3.8, 4) is 0 Å². The molecule has 0 saturated carbocycles. The molecule has 0 radical (unpaired) electrons. The van der Waals surface area contributed by atoms with E-state index in [2.05, 4.69) is 26.6 Å². The van der Waals surface area contributed by atoms with Crippen LogP contribution in [-0.4, -0.2) is 29.1 Å². The monoisotopic (exact) mass is 356 g/mol. The zero-order valence-corrected chi connectivity index (χ0v) is 14.2. The van der Waals surface area contributed by atoms with Crippen LogP contribution in [0.2, 0.25) is 0 Å². The van der Waals surface area contributed by atoms with Gasteiger partial charge >= 0.3 is 5.97 Å². The van der Waals surface area contributed by atoms with Crippen LogP contribution in [-0.2, 0) is 9.59 Å². The van der Waals surface area contributed by atoms with Gasteiger partial charge in [-0.1, -0.05) is 12.1 Å². The van der Waals surface area contributed by atoms with Crippen LogP contribution in [0.1, 0.15) is 27.7 Å². The second kappa shape index (κ2) is 6.58. The van der Waals surface area contributed by atoms with Gasteiger partial charge in [0, 0.05) is 10.0 Å². The maximum atomic E-state index is 12.0. The highest BCUT2D eigenvalue weighted by Gasteiger charge is 2.43. The molecule has 1 aromatic rings. The van der Waals surface area contributed by atoms with Crippen molar-refractivity contribution in [2.45, 2.75) is 33.2 Å². The summed E-state index contributed by atoms with van der Waals surface area (Å²) in [5.41, 5.74) is -1.05. The lowest BCUT2D eigenvalue weighted by Crippen LogP contribution is -2.56. The van der Waals surface area contributed by atoms with Crippen molar-refractivity contribution in [3.63, 3.8) is 0 Å². The second-order valence-electron chi connectivity index (χ2n) is 5.94. The summed E-state index contributed by atoms with van der Waals surface area (Å²) in [5, 5.41) is 15.0. The minimum atomic E-state index is -0.999. The summed E-state index contributed by atoms with van der Waals surface area (Å²) in [6.45, 7) is 6.84. The molecule has 6 heteroatoms. The van der Waals surface area contributed by atoms with E-state index in [-0.39, 0.29) is 12.5 Å². The summed E-state index contributed by atoms with van der Waals surface area (Å²) in [4.78, 5) is 23.3. The summed E-state index contributed by atoms with van der Waals surface area (Å²) in [6.07, 6.45) is 0. The van der Waals surface area contributed by atoms with Crippen LogP contribution >= 0.6 is 15.9 Å². The number of carboxylic acids is 1. The van der Waals surface area contributed by atoms with Gasteiger partial charge in [0.1, 0.15) is 0 Å². The van der Waals surface area contributed by atoms with Gasteiger partial charge in [0.25, 0.3) is 0 Å². The first-order valence-corrected chi connectivity index (χ1v) is 7.40. The minimum absolute atomic E-state index is 0.0328. The molecule has 0 saturated heterocycles. The zero-order chi connectivity index (χ0) is 16.3. The van der Waals surface area contributed by atoms with E-state index in [0.717, 1.165) is 4.47 Å². The Kier molecular flexibility index (Phi) is 5.53. The first kappa shape index (κ1) is 17.7. The summed E-state index contributed by atoms with van der Waals surface area (Å²) in [6, 6.07) is 7.30. The van der Waals surface area contributed by atoms with E-state index in [4.69, 9.17) is 0 Å². The SMILES string of the molecule is CC(C)(NCC(=O)Nc1ccccc1Br)C(C)(C)C(=O)O.